The normalized spacial score (nSPS) is 12.2. The van der Waals surface area contributed by atoms with Gasteiger partial charge in [-0.15, -0.1) is 0 Å². The van der Waals surface area contributed by atoms with Gasteiger partial charge in [0.25, 0.3) is 0 Å². The molecule has 0 bridgehead atoms. The number of amides is 1. The second kappa shape index (κ2) is 7.45. The van der Waals surface area contributed by atoms with Crippen molar-refractivity contribution in [3.63, 3.8) is 0 Å². The molecule has 0 aliphatic rings. The topological polar surface area (TPSA) is 41.1 Å². The summed E-state index contributed by atoms with van der Waals surface area (Å²) in [7, 11) is 0. The maximum Gasteiger partial charge on any atom is 0.234 e. The fourth-order valence-electron chi connectivity index (χ4n) is 1.58. The molecule has 1 aromatic rings. The number of carbonyl (C=O) groups is 1. The van der Waals surface area contributed by atoms with Crippen LogP contribution in [-0.2, 0) is 4.79 Å². The van der Waals surface area contributed by atoms with Gasteiger partial charge < -0.3 is 10.6 Å². The summed E-state index contributed by atoms with van der Waals surface area (Å²) < 4.78 is 1.02. The van der Waals surface area contributed by atoms with Crippen molar-refractivity contribution in [1.82, 2.24) is 10.6 Å². The Bertz CT molecular complexity index is 368. The zero-order chi connectivity index (χ0) is 12.7. The van der Waals surface area contributed by atoms with Crippen LogP contribution in [0, 0.1) is 0 Å². The van der Waals surface area contributed by atoms with E-state index in [4.69, 9.17) is 0 Å². The van der Waals surface area contributed by atoms with Crippen molar-refractivity contribution in [1.29, 1.82) is 0 Å². The van der Waals surface area contributed by atoms with Gasteiger partial charge in [0.1, 0.15) is 0 Å². The summed E-state index contributed by atoms with van der Waals surface area (Å²) in [4.78, 5) is 11.6. The summed E-state index contributed by atoms with van der Waals surface area (Å²) in [5.41, 5.74) is 1.09. The number of carbonyl (C=O) groups excluding carboxylic acids is 1. The monoisotopic (exact) mass is 298 g/mol. The molecule has 0 radical (unpaired) electrons. The zero-order valence-corrected chi connectivity index (χ0v) is 11.9. The van der Waals surface area contributed by atoms with Crippen LogP contribution < -0.4 is 10.6 Å². The van der Waals surface area contributed by atoms with Crippen molar-refractivity contribution in [3.8, 4) is 0 Å². The lowest BCUT2D eigenvalue weighted by atomic mass is 10.1. The Morgan fingerprint density at radius 2 is 2.12 bits per heavy atom. The van der Waals surface area contributed by atoms with E-state index in [2.05, 4.69) is 33.5 Å². The van der Waals surface area contributed by atoms with Gasteiger partial charge in [0.05, 0.1) is 12.6 Å². The number of benzene rings is 1. The van der Waals surface area contributed by atoms with E-state index in [0.717, 1.165) is 23.0 Å². The highest BCUT2D eigenvalue weighted by Crippen LogP contribution is 2.22. The highest BCUT2D eigenvalue weighted by Gasteiger charge is 2.11. The van der Waals surface area contributed by atoms with Crippen LogP contribution in [0.5, 0.6) is 0 Å². The molecule has 0 unspecified atom stereocenters. The molecule has 0 heterocycles. The third-order valence-corrected chi connectivity index (χ3v) is 3.18. The summed E-state index contributed by atoms with van der Waals surface area (Å²) in [5.74, 6) is 0.0294. The Hall–Kier alpha value is -0.870. The third-order valence-electron chi connectivity index (χ3n) is 2.46. The van der Waals surface area contributed by atoms with Gasteiger partial charge in [0.2, 0.25) is 5.91 Å². The number of rotatable bonds is 6. The van der Waals surface area contributed by atoms with Gasteiger partial charge in [0.15, 0.2) is 0 Å². The number of halogens is 1. The first kappa shape index (κ1) is 14.2. The molecule has 2 N–H and O–H groups in total. The Morgan fingerprint density at radius 1 is 1.41 bits per heavy atom. The minimum absolute atomic E-state index is 0.0153. The van der Waals surface area contributed by atoms with Crippen molar-refractivity contribution in [3.05, 3.63) is 34.3 Å². The minimum atomic E-state index is 0.0153. The highest BCUT2D eigenvalue weighted by atomic mass is 79.9. The summed E-state index contributed by atoms with van der Waals surface area (Å²) in [5, 5.41) is 6.05. The van der Waals surface area contributed by atoms with Crippen molar-refractivity contribution in [2.45, 2.75) is 26.3 Å². The molecule has 1 amide bonds. The molecule has 1 rings (SSSR count). The lowest BCUT2D eigenvalue weighted by molar-refractivity contribution is -0.120. The number of hydrogen-bond acceptors (Lipinski definition) is 2. The molecule has 0 aliphatic carbocycles. The molecule has 0 aromatic heterocycles. The van der Waals surface area contributed by atoms with Crippen LogP contribution in [0.3, 0.4) is 0 Å². The van der Waals surface area contributed by atoms with Gasteiger partial charge in [-0.25, -0.2) is 0 Å². The van der Waals surface area contributed by atoms with Crippen LogP contribution in [0.4, 0.5) is 0 Å². The number of nitrogens with one attached hydrogen (secondary N) is 2. The number of hydrogen-bond donors (Lipinski definition) is 2. The Morgan fingerprint density at radius 3 is 2.76 bits per heavy atom. The average Bonchev–Trinajstić information content (AvgIpc) is 2.29. The predicted octanol–water partition coefficient (Wildman–Crippen LogP) is 2.63. The van der Waals surface area contributed by atoms with E-state index < -0.39 is 0 Å². The smallest absolute Gasteiger partial charge is 0.234 e. The molecule has 94 valence electrons. The van der Waals surface area contributed by atoms with E-state index in [1.165, 1.54) is 0 Å². The van der Waals surface area contributed by atoms with Crippen LogP contribution in [0.2, 0.25) is 0 Å². The summed E-state index contributed by atoms with van der Waals surface area (Å²) in [6.07, 6.45) is 1.03. The van der Waals surface area contributed by atoms with Gasteiger partial charge in [-0.05, 0) is 31.5 Å². The van der Waals surface area contributed by atoms with E-state index in [-0.39, 0.29) is 11.9 Å². The minimum Gasteiger partial charge on any atom is -0.348 e. The quantitative estimate of drug-likeness (QED) is 0.793. The second-order valence-electron chi connectivity index (χ2n) is 3.99. The molecule has 1 aromatic carbocycles. The van der Waals surface area contributed by atoms with E-state index in [9.17, 15) is 4.79 Å². The molecular weight excluding hydrogens is 280 g/mol. The van der Waals surface area contributed by atoms with E-state index in [0.29, 0.717) is 6.54 Å². The van der Waals surface area contributed by atoms with Crippen LogP contribution in [0.1, 0.15) is 31.9 Å². The van der Waals surface area contributed by atoms with Crippen LogP contribution in [0.25, 0.3) is 0 Å². The molecular formula is C13H19BrN2O. The molecule has 0 saturated carbocycles. The lowest BCUT2D eigenvalue weighted by Crippen LogP contribution is -2.35. The first-order valence-corrected chi connectivity index (χ1v) is 6.69. The SMILES string of the molecule is CCCNCC(=O)N[C@H](C)c1ccccc1Br. The molecule has 4 heteroatoms. The maximum absolute atomic E-state index is 11.6. The second-order valence-corrected chi connectivity index (χ2v) is 4.84. The molecule has 0 saturated heterocycles. The van der Waals surface area contributed by atoms with E-state index >= 15 is 0 Å². The van der Waals surface area contributed by atoms with Crippen LogP contribution in [0.15, 0.2) is 28.7 Å². The standard InChI is InChI=1S/C13H19BrN2O/c1-3-8-15-9-13(17)16-10(2)11-6-4-5-7-12(11)14/h4-7,10,15H,3,8-9H2,1-2H3,(H,16,17)/t10-/m1/s1. The van der Waals surface area contributed by atoms with E-state index in [1.54, 1.807) is 0 Å². The van der Waals surface area contributed by atoms with Gasteiger partial charge in [-0.2, -0.15) is 0 Å². The largest absolute Gasteiger partial charge is 0.348 e. The summed E-state index contributed by atoms with van der Waals surface area (Å²) >= 11 is 3.48. The Labute approximate surface area is 111 Å². The molecule has 1 atom stereocenters. The van der Waals surface area contributed by atoms with Crippen LogP contribution in [-0.4, -0.2) is 19.0 Å². The third kappa shape index (κ3) is 4.88. The summed E-state index contributed by atoms with van der Waals surface area (Å²) in [6.45, 7) is 5.31. The molecule has 0 aliphatic heterocycles. The van der Waals surface area contributed by atoms with Crippen molar-refractivity contribution in [2.24, 2.45) is 0 Å². The predicted molar refractivity (Wildman–Crippen MR) is 73.9 cm³/mol. The Balaban J connectivity index is 2.46. The lowest BCUT2D eigenvalue weighted by Gasteiger charge is -2.16. The molecule has 0 fully saturated rings. The van der Waals surface area contributed by atoms with E-state index in [1.807, 2.05) is 31.2 Å². The van der Waals surface area contributed by atoms with Crippen molar-refractivity contribution < 1.29 is 4.79 Å². The van der Waals surface area contributed by atoms with Gasteiger partial charge in [-0.1, -0.05) is 41.1 Å². The summed E-state index contributed by atoms with van der Waals surface area (Å²) in [6, 6.07) is 7.94. The van der Waals surface area contributed by atoms with Crippen LogP contribution >= 0.6 is 15.9 Å². The first-order valence-electron chi connectivity index (χ1n) is 5.89. The molecule has 17 heavy (non-hydrogen) atoms. The zero-order valence-electron chi connectivity index (χ0n) is 10.3. The van der Waals surface area contributed by atoms with Gasteiger partial charge >= 0.3 is 0 Å². The van der Waals surface area contributed by atoms with Crippen molar-refractivity contribution >= 4 is 21.8 Å². The van der Waals surface area contributed by atoms with Crippen molar-refractivity contribution in [2.75, 3.05) is 13.1 Å². The Kier molecular flexibility index (Phi) is 6.22. The first-order chi connectivity index (χ1) is 8.15. The molecule has 3 nitrogen and oxygen atoms in total. The highest BCUT2D eigenvalue weighted by molar-refractivity contribution is 9.10. The molecule has 0 spiro atoms. The van der Waals surface area contributed by atoms with Gasteiger partial charge in [-0.3, -0.25) is 4.79 Å². The maximum atomic E-state index is 11.6. The fraction of sp³-hybridized carbons (Fsp3) is 0.462. The fourth-order valence-corrected chi connectivity index (χ4v) is 2.20. The van der Waals surface area contributed by atoms with Gasteiger partial charge in [0, 0.05) is 4.47 Å². The average molecular weight is 299 g/mol.